The maximum atomic E-state index is 4.68. The summed E-state index contributed by atoms with van der Waals surface area (Å²) in [6.45, 7) is 9.43. The predicted octanol–water partition coefficient (Wildman–Crippen LogP) is 3.38. The van der Waals surface area contributed by atoms with Gasteiger partial charge in [0.2, 0.25) is 0 Å². The Balaban J connectivity index is 1.26. The van der Waals surface area contributed by atoms with Crippen LogP contribution in [0.4, 0.5) is 11.6 Å². The SMILES string of the molecule is CC(C)(C)c1ccc(N2CC(CNc3ccnc(C4CCC4)n3)C2)nn1. The molecular weight excluding hydrogens is 324 g/mol. The lowest BCUT2D eigenvalue weighted by molar-refractivity contribution is 0.401. The highest BCUT2D eigenvalue weighted by Gasteiger charge is 2.28. The van der Waals surface area contributed by atoms with Crippen LogP contribution in [0.2, 0.25) is 0 Å². The molecule has 0 spiro atoms. The first-order valence-corrected chi connectivity index (χ1v) is 9.65. The van der Waals surface area contributed by atoms with Crippen molar-refractivity contribution in [1.29, 1.82) is 0 Å². The average Bonchev–Trinajstić information content (AvgIpc) is 2.52. The van der Waals surface area contributed by atoms with Gasteiger partial charge in [-0.05, 0) is 31.0 Å². The number of aromatic nitrogens is 4. The van der Waals surface area contributed by atoms with Gasteiger partial charge in [0.1, 0.15) is 11.6 Å². The molecule has 2 fully saturated rings. The highest BCUT2D eigenvalue weighted by molar-refractivity contribution is 5.42. The fraction of sp³-hybridized carbons (Fsp3) is 0.600. The molecule has 0 atom stereocenters. The van der Waals surface area contributed by atoms with Crippen LogP contribution >= 0.6 is 0 Å². The molecule has 0 radical (unpaired) electrons. The van der Waals surface area contributed by atoms with Crippen molar-refractivity contribution in [2.45, 2.75) is 51.4 Å². The molecule has 1 saturated carbocycles. The molecule has 138 valence electrons. The summed E-state index contributed by atoms with van der Waals surface area (Å²) >= 11 is 0. The lowest BCUT2D eigenvalue weighted by Gasteiger charge is -2.40. The Hall–Kier alpha value is -2.24. The van der Waals surface area contributed by atoms with Gasteiger partial charge in [-0.2, -0.15) is 5.10 Å². The maximum absolute atomic E-state index is 4.68. The highest BCUT2D eigenvalue weighted by atomic mass is 15.3. The fourth-order valence-corrected chi connectivity index (χ4v) is 3.36. The zero-order valence-electron chi connectivity index (χ0n) is 15.9. The zero-order valence-corrected chi connectivity index (χ0v) is 15.9. The van der Waals surface area contributed by atoms with Crippen molar-refractivity contribution in [3.63, 3.8) is 0 Å². The van der Waals surface area contributed by atoms with E-state index in [1.165, 1.54) is 19.3 Å². The molecule has 0 unspecified atom stereocenters. The van der Waals surface area contributed by atoms with E-state index in [0.29, 0.717) is 11.8 Å². The van der Waals surface area contributed by atoms with Crippen molar-refractivity contribution < 1.29 is 0 Å². The van der Waals surface area contributed by atoms with Gasteiger partial charge in [0.05, 0.1) is 5.69 Å². The molecule has 0 aromatic carbocycles. The second kappa shape index (κ2) is 6.82. The monoisotopic (exact) mass is 352 g/mol. The van der Waals surface area contributed by atoms with Gasteiger partial charge in [0.15, 0.2) is 5.82 Å². The summed E-state index contributed by atoms with van der Waals surface area (Å²) in [4.78, 5) is 11.4. The summed E-state index contributed by atoms with van der Waals surface area (Å²) in [6.07, 6.45) is 5.65. The fourth-order valence-electron chi connectivity index (χ4n) is 3.36. The molecule has 1 aliphatic heterocycles. The van der Waals surface area contributed by atoms with Crippen LogP contribution in [0.3, 0.4) is 0 Å². The largest absolute Gasteiger partial charge is 0.370 e. The highest BCUT2D eigenvalue weighted by Crippen LogP contribution is 2.34. The molecule has 0 bridgehead atoms. The molecule has 1 aliphatic carbocycles. The lowest BCUT2D eigenvalue weighted by Crippen LogP contribution is -2.50. The third-order valence-electron chi connectivity index (χ3n) is 5.42. The molecule has 1 saturated heterocycles. The number of rotatable bonds is 5. The Morgan fingerprint density at radius 3 is 2.54 bits per heavy atom. The molecule has 0 amide bonds. The van der Waals surface area contributed by atoms with Gasteiger partial charge < -0.3 is 10.2 Å². The van der Waals surface area contributed by atoms with Gasteiger partial charge in [-0.3, -0.25) is 0 Å². The Kier molecular flexibility index (Phi) is 4.51. The summed E-state index contributed by atoms with van der Waals surface area (Å²) in [7, 11) is 0. The summed E-state index contributed by atoms with van der Waals surface area (Å²) in [5, 5.41) is 12.3. The number of nitrogens with one attached hydrogen (secondary N) is 1. The molecule has 6 heteroatoms. The van der Waals surface area contributed by atoms with Gasteiger partial charge >= 0.3 is 0 Å². The van der Waals surface area contributed by atoms with Gasteiger partial charge in [0, 0.05) is 43.1 Å². The Morgan fingerprint density at radius 1 is 1.12 bits per heavy atom. The van der Waals surface area contributed by atoms with E-state index in [1.54, 1.807) is 0 Å². The summed E-state index contributed by atoms with van der Waals surface area (Å²) in [5.41, 5.74) is 1.08. The summed E-state index contributed by atoms with van der Waals surface area (Å²) in [5.74, 6) is 4.12. The van der Waals surface area contributed by atoms with Crippen LogP contribution in [0.5, 0.6) is 0 Å². The van der Waals surface area contributed by atoms with Crippen LogP contribution in [-0.2, 0) is 5.41 Å². The van der Waals surface area contributed by atoms with Gasteiger partial charge in [-0.1, -0.05) is 27.2 Å². The third kappa shape index (κ3) is 3.64. The third-order valence-corrected chi connectivity index (χ3v) is 5.42. The number of anilines is 2. The van der Waals surface area contributed by atoms with Gasteiger partial charge in [0.25, 0.3) is 0 Å². The molecule has 26 heavy (non-hydrogen) atoms. The molecule has 2 aromatic rings. The predicted molar refractivity (Wildman–Crippen MR) is 104 cm³/mol. The lowest BCUT2D eigenvalue weighted by atomic mass is 9.85. The minimum absolute atomic E-state index is 0.0445. The van der Waals surface area contributed by atoms with Crippen LogP contribution < -0.4 is 10.2 Å². The Labute approximate surface area is 155 Å². The zero-order chi connectivity index (χ0) is 18.1. The molecule has 2 aromatic heterocycles. The van der Waals surface area contributed by atoms with Crippen molar-refractivity contribution in [3.05, 3.63) is 35.9 Å². The second-order valence-corrected chi connectivity index (χ2v) is 8.61. The van der Waals surface area contributed by atoms with Crippen molar-refractivity contribution in [1.82, 2.24) is 20.2 Å². The normalized spacial score (nSPS) is 18.3. The molecule has 4 rings (SSSR count). The molecule has 1 N–H and O–H groups in total. The summed E-state index contributed by atoms with van der Waals surface area (Å²) in [6, 6.07) is 6.15. The van der Waals surface area contributed by atoms with Crippen LogP contribution in [0.1, 0.15) is 57.5 Å². The van der Waals surface area contributed by atoms with Crippen LogP contribution in [0.25, 0.3) is 0 Å². The minimum atomic E-state index is 0.0445. The van der Waals surface area contributed by atoms with E-state index < -0.39 is 0 Å². The first-order valence-electron chi connectivity index (χ1n) is 9.65. The van der Waals surface area contributed by atoms with Gasteiger partial charge in [-0.25, -0.2) is 9.97 Å². The van der Waals surface area contributed by atoms with E-state index in [4.69, 9.17) is 0 Å². The average molecular weight is 352 g/mol. The van der Waals surface area contributed by atoms with E-state index in [1.807, 2.05) is 12.3 Å². The molecule has 6 nitrogen and oxygen atoms in total. The molecule has 2 aliphatic rings. The van der Waals surface area contributed by atoms with Crippen molar-refractivity contribution in [3.8, 4) is 0 Å². The van der Waals surface area contributed by atoms with E-state index in [0.717, 1.165) is 42.8 Å². The topological polar surface area (TPSA) is 66.8 Å². The van der Waals surface area contributed by atoms with Crippen LogP contribution in [-0.4, -0.2) is 39.8 Å². The standard InChI is InChI=1S/C20H28N6/c1-20(2,3)16-7-8-18(25-24-16)26-12-14(13-26)11-22-17-9-10-21-19(23-17)15-5-4-6-15/h7-10,14-15H,4-6,11-13H2,1-3H3,(H,21,22,23). The number of hydrogen-bond acceptors (Lipinski definition) is 6. The van der Waals surface area contributed by atoms with Crippen molar-refractivity contribution in [2.75, 3.05) is 29.9 Å². The Morgan fingerprint density at radius 2 is 1.92 bits per heavy atom. The van der Waals surface area contributed by atoms with Gasteiger partial charge in [-0.15, -0.1) is 5.10 Å². The minimum Gasteiger partial charge on any atom is -0.370 e. The van der Waals surface area contributed by atoms with Crippen molar-refractivity contribution >= 4 is 11.6 Å². The number of hydrogen-bond donors (Lipinski definition) is 1. The van der Waals surface area contributed by atoms with Crippen molar-refractivity contribution in [2.24, 2.45) is 5.92 Å². The van der Waals surface area contributed by atoms with Crippen LogP contribution in [0.15, 0.2) is 24.4 Å². The maximum Gasteiger partial charge on any atom is 0.151 e. The number of nitrogens with zero attached hydrogens (tertiary/aromatic N) is 5. The second-order valence-electron chi connectivity index (χ2n) is 8.61. The van der Waals surface area contributed by atoms with E-state index in [9.17, 15) is 0 Å². The quantitative estimate of drug-likeness (QED) is 0.890. The Bertz CT molecular complexity index is 742. The molecular formula is C20H28N6. The first-order chi connectivity index (χ1) is 12.5. The van der Waals surface area contributed by atoms with E-state index in [-0.39, 0.29) is 5.41 Å². The van der Waals surface area contributed by atoms with Crippen LogP contribution in [0, 0.1) is 5.92 Å². The smallest absolute Gasteiger partial charge is 0.151 e. The van der Waals surface area contributed by atoms with E-state index >= 15 is 0 Å². The first kappa shape index (κ1) is 17.2. The molecule has 3 heterocycles. The summed E-state index contributed by atoms with van der Waals surface area (Å²) < 4.78 is 0. The van der Waals surface area contributed by atoms with E-state index in [2.05, 4.69) is 63.3 Å².